The third-order valence-corrected chi connectivity index (χ3v) is 2.37. The van der Waals surface area contributed by atoms with Gasteiger partial charge in [0.25, 0.3) is 5.91 Å². The molecule has 0 aliphatic rings. The molecule has 0 saturated carbocycles. The van der Waals surface area contributed by atoms with E-state index in [0.717, 1.165) is 4.90 Å². The van der Waals surface area contributed by atoms with E-state index in [-0.39, 0.29) is 16.4 Å². The van der Waals surface area contributed by atoms with Gasteiger partial charge < -0.3 is 22.1 Å². The Hall–Kier alpha value is -2.35. The zero-order valence-electron chi connectivity index (χ0n) is 9.80. The van der Waals surface area contributed by atoms with Gasteiger partial charge in [0.05, 0.1) is 17.4 Å². The Morgan fingerprint density at radius 2 is 1.74 bits per heavy atom. The molecule has 8 nitrogen and oxygen atoms in total. The molecule has 19 heavy (non-hydrogen) atoms. The number of halogens is 1. The maximum Gasteiger partial charge on any atom is 0.257 e. The van der Waals surface area contributed by atoms with Crippen LogP contribution in [0.1, 0.15) is 10.4 Å². The first-order chi connectivity index (χ1) is 8.81. The second-order valence-corrected chi connectivity index (χ2v) is 4.06. The van der Waals surface area contributed by atoms with Crippen LogP contribution in [0, 0.1) is 0 Å². The van der Waals surface area contributed by atoms with E-state index in [1.807, 2.05) is 0 Å². The molecule has 0 bridgehead atoms. The van der Waals surface area contributed by atoms with E-state index in [0.29, 0.717) is 0 Å². The number of carbonyl (C=O) groups excluding carboxylic acids is 3. The molecule has 0 fully saturated rings. The lowest BCUT2D eigenvalue weighted by atomic mass is 10.2. The van der Waals surface area contributed by atoms with Crippen molar-refractivity contribution < 1.29 is 14.4 Å². The number of nitrogens with two attached hydrogens (primary N) is 3. The van der Waals surface area contributed by atoms with Gasteiger partial charge in [0.15, 0.2) is 0 Å². The van der Waals surface area contributed by atoms with Crippen LogP contribution < -0.4 is 17.2 Å². The number of hydrogen-bond donors (Lipinski definition) is 3. The lowest BCUT2D eigenvalue weighted by Gasteiger charge is -2.19. The van der Waals surface area contributed by atoms with Gasteiger partial charge in [-0.1, -0.05) is 11.6 Å². The average Bonchev–Trinajstić information content (AvgIpc) is 2.29. The lowest BCUT2D eigenvalue weighted by Crippen LogP contribution is -2.43. The van der Waals surface area contributed by atoms with Crippen LogP contribution in [-0.2, 0) is 9.59 Å². The largest absolute Gasteiger partial charge is 0.397 e. The van der Waals surface area contributed by atoms with E-state index in [9.17, 15) is 14.4 Å². The van der Waals surface area contributed by atoms with E-state index in [2.05, 4.69) is 4.98 Å². The Morgan fingerprint density at radius 3 is 2.21 bits per heavy atom. The summed E-state index contributed by atoms with van der Waals surface area (Å²) in [5.74, 6) is -2.28. The van der Waals surface area contributed by atoms with Crippen molar-refractivity contribution in [2.75, 3.05) is 18.8 Å². The number of pyridine rings is 1. The summed E-state index contributed by atoms with van der Waals surface area (Å²) in [6.45, 7) is -0.931. The number of rotatable bonds is 5. The zero-order chi connectivity index (χ0) is 14.6. The summed E-state index contributed by atoms with van der Waals surface area (Å²) in [5.41, 5.74) is 15.7. The average molecular weight is 286 g/mol. The van der Waals surface area contributed by atoms with E-state index < -0.39 is 30.8 Å². The van der Waals surface area contributed by atoms with Gasteiger partial charge in [-0.15, -0.1) is 0 Å². The van der Waals surface area contributed by atoms with Crippen LogP contribution in [0.4, 0.5) is 5.69 Å². The molecule has 0 atom stereocenters. The molecule has 3 amide bonds. The predicted molar refractivity (Wildman–Crippen MR) is 68.0 cm³/mol. The number of primary amides is 2. The first-order valence-corrected chi connectivity index (χ1v) is 5.46. The molecule has 6 N–H and O–H groups in total. The summed E-state index contributed by atoms with van der Waals surface area (Å²) in [4.78, 5) is 38.5. The third-order valence-electron chi connectivity index (χ3n) is 2.07. The van der Waals surface area contributed by atoms with E-state index in [1.54, 1.807) is 0 Å². The molecule has 0 aromatic carbocycles. The number of amides is 3. The van der Waals surface area contributed by atoms with Crippen LogP contribution in [0.15, 0.2) is 12.3 Å². The van der Waals surface area contributed by atoms with Gasteiger partial charge in [-0.3, -0.25) is 14.4 Å². The molecular formula is C10H12ClN5O3. The van der Waals surface area contributed by atoms with Crippen LogP contribution in [0.5, 0.6) is 0 Å². The predicted octanol–water partition coefficient (Wildman–Crippen LogP) is -1.27. The number of anilines is 1. The van der Waals surface area contributed by atoms with Crippen LogP contribution in [0.3, 0.4) is 0 Å². The molecule has 102 valence electrons. The molecule has 9 heteroatoms. The summed E-state index contributed by atoms with van der Waals surface area (Å²) < 4.78 is 0. The van der Waals surface area contributed by atoms with E-state index >= 15 is 0 Å². The van der Waals surface area contributed by atoms with E-state index in [4.69, 9.17) is 28.8 Å². The standard InChI is InChI=1S/C10H12ClN5O3/c11-9-6(1-5(12)2-15-9)10(19)16(3-7(13)17)4-8(14)18/h1-2H,3-4,12H2,(H2,13,17)(H2,14,18). The number of nitrogen functional groups attached to an aromatic ring is 1. The topological polar surface area (TPSA) is 145 Å². The van der Waals surface area contributed by atoms with Gasteiger partial charge in [0.2, 0.25) is 11.8 Å². The quantitative estimate of drug-likeness (QED) is 0.577. The number of hydrogen-bond acceptors (Lipinski definition) is 5. The molecule has 0 radical (unpaired) electrons. The maximum atomic E-state index is 12.1. The van der Waals surface area contributed by atoms with Crippen molar-refractivity contribution in [2.24, 2.45) is 11.5 Å². The summed E-state index contributed by atoms with van der Waals surface area (Å²) in [5, 5.41) is -0.0989. The Balaban J connectivity index is 3.07. The molecular weight excluding hydrogens is 274 g/mol. The molecule has 0 aliphatic carbocycles. The normalized spacial score (nSPS) is 9.95. The van der Waals surface area contributed by atoms with Crippen LogP contribution in [0.25, 0.3) is 0 Å². The summed E-state index contributed by atoms with van der Waals surface area (Å²) in [6.07, 6.45) is 1.27. The Kier molecular flexibility index (Phi) is 4.65. The Bertz CT molecular complexity index is 518. The van der Waals surface area contributed by atoms with Crippen molar-refractivity contribution in [3.8, 4) is 0 Å². The highest BCUT2D eigenvalue weighted by molar-refractivity contribution is 6.32. The van der Waals surface area contributed by atoms with Crippen molar-refractivity contribution >= 4 is 35.0 Å². The van der Waals surface area contributed by atoms with Gasteiger partial charge in [0, 0.05) is 0 Å². The van der Waals surface area contributed by atoms with Gasteiger partial charge >= 0.3 is 0 Å². The molecule has 1 rings (SSSR count). The van der Waals surface area contributed by atoms with Gasteiger partial charge in [0.1, 0.15) is 18.2 Å². The van der Waals surface area contributed by atoms with Crippen molar-refractivity contribution in [1.29, 1.82) is 0 Å². The zero-order valence-corrected chi connectivity index (χ0v) is 10.6. The fourth-order valence-corrected chi connectivity index (χ4v) is 1.54. The van der Waals surface area contributed by atoms with Gasteiger partial charge in [-0.05, 0) is 6.07 Å². The SMILES string of the molecule is NC(=O)CN(CC(N)=O)C(=O)c1cc(N)cnc1Cl. The third kappa shape index (κ3) is 4.11. The second-order valence-electron chi connectivity index (χ2n) is 3.70. The second kappa shape index (κ2) is 6.01. The first kappa shape index (κ1) is 14.7. The fraction of sp³-hybridized carbons (Fsp3) is 0.200. The maximum absolute atomic E-state index is 12.1. The highest BCUT2D eigenvalue weighted by Gasteiger charge is 2.22. The van der Waals surface area contributed by atoms with Crippen molar-refractivity contribution in [3.63, 3.8) is 0 Å². The molecule has 0 unspecified atom stereocenters. The highest BCUT2D eigenvalue weighted by Crippen LogP contribution is 2.17. The fourth-order valence-electron chi connectivity index (χ4n) is 1.36. The molecule has 0 saturated heterocycles. The lowest BCUT2D eigenvalue weighted by molar-refractivity contribution is -0.121. The highest BCUT2D eigenvalue weighted by atomic mass is 35.5. The molecule has 0 spiro atoms. The molecule has 0 aliphatic heterocycles. The van der Waals surface area contributed by atoms with Crippen molar-refractivity contribution in [3.05, 3.63) is 23.0 Å². The molecule has 1 aromatic heterocycles. The van der Waals surface area contributed by atoms with Crippen LogP contribution in [-0.4, -0.2) is 40.7 Å². The Morgan fingerprint density at radius 1 is 1.21 bits per heavy atom. The van der Waals surface area contributed by atoms with Gasteiger partial charge in [-0.2, -0.15) is 0 Å². The molecule has 1 aromatic rings. The monoisotopic (exact) mass is 285 g/mol. The minimum atomic E-state index is -0.789. The summed E-state index contributed by atoms with van der Waals surface area (Å²) in [6, 6.07) is 1.28. The first-order valence-electron chi connectivity index (χ1n) is 5.08. The number of nitrogens with zero attached hydrogens (tertiary/aromatic N) is 2. The van der Waals surface area contributed by atoms with Crippen molar-refractivity contribution in [1.82, 2.24) is 9.88 Å². The van der Waals surface area contributed by atoms with Gasteiger partial charge in [-0.25, -0.2) is 4.98 Å². The van der Waals surface area contributed by atoms with Crippen molar-refractivity contribution in [2.45, 2.75) is 0 Å². The van der Waals surface area contributed by atoms with Crippen LogP contribution in [0.2, 0.25) is 5.15 Å². The summed E-state index contributed by atoms with van der Waals surface area (Å²) >= 11 is 5.76. The minimum Gasteiger partial charge on any atom is -0.397 e. The smallest absolute Gasteiger partial charge is 0.257 e. The summed E-state index contributed by atoms with van der Waals surface area (Å²) in [7, 11) is 0. The van der Waals surface area contributed by atoms with Crippen LogP contribution >= 0.6 is 11.6 Å². The Labute approximate surface area is 113 Å². The number of aromatic nitrogens is 1. The molecule has 1 heterocycles. The number of carbonyl (C=O) groups is 3. The minimum absolute atomic E-state index is 0.0378. The van der Waals surface area contributed by atoms with E-state index in [1.165, 1.54) is 12.3 Å².